The zero-order chi connectivity index (χ0) is 20.4. The van der Waals surface area contributed by atoms with Crippen LogP contribution in [0.15, 0.2) is 0 Å². The Morgan fingerprint density at radius 3 is 1.77 bits per heavy atom. The van der Waals surface area contributed by atoms with Gasteiger partial charge in [-0.3, -0.25) is 14.4 Å². The van der Waals surface area contributed by atoms with Crippen LogP contribution in [0.25, 0.3) is 0 Å². The van der Waals surface area contributed by atoms with E-state index in [-0.39, 0.29) is 5.92 Å². The van der Waals surface area contributed by atoms with Crippen LogP contribution in [0.4, 0.5) is 0 Å². The van der Waals surface area contributed by atoms with Crippen LogP contribution in [0.3, 0.4) is 0 Å². The maximum absolute atomic E-state index is 12.4. The molecule has 0 spiro atoms. The molecule has 0 aromatic rings. The lowest BCUT2D eigenvalue weighted by Gasteiger charge is -2.26. The van der Waals surface area contributed by atoms with E-state index in [4.69, 9.17) is 15.9 Å². The summed E-state index contributed by atoms with van der Waals surface area (Å²) in [5, 5.41) is 33.8. The molecule has 150 valence electrons. The minimum Gasteiger partial charge on any atom is -0.480 e. The number of hydrogen-bond donors (Lipinski definition) is 7. The number of carbonyl (C=O) groups excluding carboxylic acids is 3. The molecular formula is C15H28N4O7. The van der Waals surface area contributed by atoms with Crippen molar-refractivity contribution in [1.29, 1.82) is 0 Å². The monoisotopic (exact) mass is 376 g/mol. The highest BCUT2D eigenvalue weighted by Gasteiger charge is 2.31. The molecule has 0 radical (unpaired) electrons. The number of aliphatic hydroxyl groups is 2. The highest BCUT2D eigenvalue weighted by Crippen LogP contribution is 2.08. The van der Waals surface area contributed by atoms with Gasteiger partial charge in [0.2, 0.25) is 17.7 Å². The minimum atomic E-state index is -1.57. The van der Waals surface area contributed by atoms with E-state index < -0.39 is 61.1 Å². The first-order valence-electron chi connectivity index (χ1n) is 8.20. The zero-order valence-corrected chi connectivity index (χ0v) is 15.1. The van der Waals surface area contributed by atoms with E-state index >= 15 is 0 Å². The van der Waals surface area contributed by atoms with E-state index in [0.29, 0.717) is 6.42 Å². The Balaban J connectivity index is 5.13. The predicted molar refractivity (Wildman–Crippen MR) is 90.7 cm³/mol. The molecule has 26 heavy (non-hydrogen) atoms. The van der Waals surface area contributed by atoms with Crippen molar-refractivity contribution in [3.05, 3.63) is 0 Å². The summed E-state index contributed by atoms with van der Waals surface area (Å²) in [4.78, 5) is 47.1. The quantitative estimate of drug-likeness (QED) is 0.197. The maximum atomic E-state index is 12.4. The van der Waals surface area contributed by atoms with Crippen LogP contribution in [0, 0.1) is 5.92 Å². The van der Waals surface area contributed by atoms with Gasteiger partial charge in [0.15, 0.2) is 0 Å². The molecule has 0 aliphatic heterocycles. The predicted octanol–water partition coefficient (Wildman–Crippen LogP) is -3.10. The Hall–Kier alpha value is -2.24. The summed E-state index contributed by atoms with van der Waals surface area (Å²) in [5.41, 5.74) is 5.47. The highest BCUT2D eigenvalue weighted by atomic mass is 16.4. The van der Waals surface area contributed by atoms with Gasteiger partial charge in [-0.1, -0.05) is 20.3 Å². The second-order valence-corrected chi connectivity index (χ2v) is 5.99. The van der Waals surface area contributed by atoms with Crippen LogP contribution in [-0.4, -0.2) is 76.4 Å². The van der Waals surface area contributed by atoms with Gasteiger partial charge in [0, 0.05) is 0 Å². The van der Waals surface area contributed by atoms with Crippen LogP contribution >= 0.6 is 0 Å². The number of nitrogens with two attached hydrogens (primary N) is 1. The van der Waals surface area contributed by atoms with Gasteiger partial charge in [-0.05, 0) is 12.8 Å². The molecule has 5 unspecified atom stereocenters. The third kappa shape index (κ3) is 7.33. The van der Waals surface area contributed by atoms with E-state index in [2.05, 4.69) is 10.6 Å². The van der Waals surface area contributed by atoms with Crippen molar-refractivity contribution < 1.29 is 34.5 Å². The van der Waals surface area contributed by atoms with Gasteiger partial charge in [0.05, 0.1) is 19.3 Å². The molecule has 3 amide bonds. The average molecular weight is 376 g/mol. The highest BCUT2D eigenvalue weighted by molar-refractivity contribution is 5.94. The number of amides is 3. The maximum Gasteiger partial charge on any atom is 0.328 e. The molecule has 0 aliphatic carbocycles. The van der Waals surface area contributed by atoms with Crippen molar-refractivity contribution in [2.75, 3.05) is 13.2 Å². The van der Waals surface area contributed by atoms with Gasteiger partial charge in [-0.25, -0.2) is 4.79 Å². The molecule has 11 heteroatoms. The third-order valence-electron chi connectivity index (χ3n) is 3.82. The van der Waals surface area contributed by atoms with E-state index in [0.717, 1.165) is 0 Å². The van der Waals surface area contributed by atoms with Crippen molar-refractivity contribution in [3.8, 4) is 0 Å². The number of hydrogen-bond acceptors (Lipinski definition) is 7. The molecule has 0 rings (SSSR count). The van der Waals surface area contributed by atoms with Gasteiger partial charge in [-0.15, -0.1) is 0 Å². The fourth-order valence-corrected chi connectivity index (χ4v) is 1.90. The van der Waals surface area contributed by atoms with Gasteiger partial charge in [0.25, 0.3) is 0 Å². The van der Waals surface area contributed by atoms with Crippen LogP contribution in [0.5, 0.6) is 0 Å². The van der Waals surface area contributed by atoms with Crippen molar-refractivity contribution in [3.63, 3.8) is 0 Å². The van der Waals surface area contributed by atoms with Crippen molar-refractivity contribution in [1.82, 2.24) is 16.0 Å². The van der Waals surface area contributed by atoms with E-state index in [1.807, 2.05) is 5.32 Å². The smallest absolute Gasteiger partial charge is 0.328 e. The molecule has 0 fully saturated rings. The molecule has 0 saturated carbocycles. The number of carboxylic acids is 1. The summed E-state index contributed by atoms with van der Waals surface area (Å²) >= 11 is 0. The van der Waals surface area contributed by atoms with E-state index in [1.165, 1.54) is 6.92 Å². The van der Waals surface area contributed by atoms with Crippen molar-refractivity contribution in [2.24, 2.45) is 11.7 Å². The van der Waals surface area contributed by atoms with Crippen LogP contribution < -0.4 is 21.7 Å². The molecular weight excluding hydrogens is 348 g/mol. The third-order valence-corrected chi connectivity index (χ3v) is 3.82. The molecule has 0 aromatic carbocycles. The van der Waals surface area contributed by atoms with Crippen LogP contribution in [0.1, 0.15) is 27.2 Å². The first kappa shape index (κ1) is 23.8. The number of carbonyl (C=O) groups is 4. The lowest BCUT2D eigenvalue weighted by atomic mass is 9.97. The SMILES string of the molecule is CCC(C)C(NC(=O)C(C)N)C(=O)NC(CO)C(=O)NC(CO)C(=O)O. The summed E-state index contributed by atoms with van der Waals surface area (Å²) in [7, 11) is 0. The summed E-state index contributed by atoms with van der Waals surface area (Å²) < 4.78 is 0. The molecule has 5 atom stereocenters. The van der Waals surface area contributed by atoms with Gasteiger partial charge in [-0.2, -0.15) is 0 Å². The molecule has 8 N–H and O–H groups in total. The number of nitrogens with one attached hydrogen (secondary N) is 3. The molecule has 0 bridgehead atoms. The standard InChI is InChI=1S/C15H28N4O7/c1-4-7(2)11(19-12(22)8(3)16)14(24)17-9(5-20)13(23)18-10(6-21)15(25)26/h7-11,20-21H,4-6,16H2,1-3H3,(H,17,24)(H,18,23)(H,19,22)(H,25,26). The second kappa shape index (κ2) is 11.4. The summed E-state index contributed by atoms with van der Waals surface area (Å²) in [6.07, 6.45) is 0.541. The first-order valence-corrected chi connectivity index (χ1v) is 8.20. The number of aliphatic hydroxyl groups excluding tert-OH is 2. The topological polar surface area (TPSA) is 191 Å². The van der Waals surface area contributed by atoms with Gasteiger partial charge in [0.1, 0.15) is 18.1 Å². The number of carboxylic acid groups (broad SMARTS) is 1. The fourth-order valence-electron chi connectivity index (χ4n) is 1.90. The normalized spacial score (nSPS) is 16.5. The molecule has 0 aliphatic rings. The van der Waals surface area contributed by atoms with Crippen molar-refractivity contribution >= 4 is 23.7 Å². The lowest BCUT2D eigenvalue weighted by Crippen LogP contribution is -2.59. The van der Waals surface area contributed by atoms with E-state index in [1.54, 1.807) is 13.8 Å². The lowest BCUT2D eigenvalue weighted by molar-refractivity contribution is -0.143. The average Bonchev–Trinajstić information content (AvgIpc) is 2.60. The molecule has 0 heterocycles. The Morgan fingerprint density at radius 1 is 0.885 bits per heavy atom. The Kier molecular flexibility index (Phi) is 10.4. The van der Waals surface area contributed by atoms with Gasteiger partial charge < -0.3 is 37.0 Å². The van der Waals surface area contributed by atoms with E-state index in [9.17, 15) is 24.3 Å². The molecule has 11 nitrogen and oxygen atoms in total. The number of aliphatic carboxylic acids is 1. The Labute approximate surface area is 151 Å². The minimum absolute atomic E-state index is 0.288. The summed E-state index contributed by atoms with van der Waals surface area (Å²) in [5.74, 6) is -4.02. The van der Waals surface area contributed by atoms with Crippen molar-refractivity contribution in [2.45, 2.75) is 51.4 Å². The Morgan fingerprint density at radius 2 is 1.38 bits per heavy atom. The zero-order valence-electron chi connectivity index (χ0n) is 15.1. The Bertz CT molecular complexity index is 512. The molecule has 0 aromatic heterocycles. The van der Waals surface area contributed by atoms with Crippen LogP contribution in [-0.2, 0) is 19.2 Å². The van der Waals surface area contributed by atoms with Gasteiger partial charge >= 0.3 is 5.97 Å². The summed E-state index contributed by atoms with van der Waals surface area (Å²) in [6, 6.07) is -4.85. The van der Waals surface area contributed by atoms with Crippen LogP contribution in [0.2, 0.25) is 0 Å². The molecule has 0 saturated heterocycles. The fraction of sp³-hybridized carbons (Fsp3) is 0.733. The first-order chi connectivity index (χ1) is 12.1. The number of rotatable bonds is 11. The largest absolute Gasteiger partial charge is 0.480 e. The second-order valence-electron chi connectivity index (χ2n) is 5.99. The summed E-state index contributed by atoms with van der Waals surface area (Å²) in [6.45, 7) is 3.31.